The second-order valence-corrected chi connectivity index (χ2v) is 10.1. The van der Waals surface area contributed by atoms with Crippen LogP contribution in [0.3, 0.4) is 0 Å². The molecule has 1 heterocycles. The smallest absolute Gasteiger partial charge is 0.304 e. The zero-order valence-electron chi connectivity index (χ0n) is 20.2. The summed E-state index contributed by atoms with van der Waals surface area (Å²) in [7, 11) is 0. The van der Waals surface area contributed by atoms with E-state index in [0.29, 0.717) is 19.8 Å². The van der Waals surface area contributed by atoms with Crippen LogP contribution in [0.15, 0.2) is 91.0 Å². The predicted molar refractivity (Wildman–Crippen MR) is 144 cm³/mol. The molecule has 0 N–H and O–H groups in total. The van der Waals surface area contributed by atoms with E-state index in [2.05, 4.69) is 22.6 Å². The Hall–Kier alpha value is -2.30. The van der Waals surface area contributed by atoms with Gasteiger partial charge in [-0.3, -0.25) is 4.79 Å². The normalized spacial score (nSPS) is 23.8. The van der Waals surface area contributed by atoms with Crippen LogP contribution in [0, 0.1) is 0 Å². The van der Waals surface area contributed by atoms with Crippen LogP contribution >= 0.6 is 22.6 Å². The van der Waals surface area contributed by atoms with Crippen LogP contribution in [0.25, 0.3) is 0 Å². The molecule has 0 aromatic heterocycles. The predicted octanol–water partition coefficient (Wildman–Crippen LogP) is 5.47. The highest BCUT2D eigenvalue weighted by Crippen LogP contribution is 2.33. The van der Waals surface area contributed by atoms with Crippen LogP contribution in [-0.2, 0) is 48.3 Å². The first-order valence-electron chi connectivity index (χ1n) is 12.0. The van der Waals surface area contributed by atoms with Gasteiger partial charge in [-0.05, 0) is 16.7 Å². The van der Waals surface area contributed by atoms with E-state index in [4.69, 9.17) is 23.7 Å². The summed E-state index contributed by atoms with van der Waals surface area (Å²) in [4.78, 5) is 11.8. The lowest BCUT2D eigenvalue weighted by atomic mass is 10.0. The minimum absolute atomic E-state index is 0.265. The first-order chi connectivity index (χ1) is 17.6. The van der Waals surface area contributed by atoms with Gasteiger partial charge in [0.25, 0.3) is 0 Å². The summed E-state index contributed by atoms with van der Waals surface area (Å²) in [5.74, 6) is -0.406. The number of carbonyl (C=O) groups is 1. The van der Waals surface area contributed by atoms with Crippen molar-refractivity contribution in [3.63, 3.8) is 0 Å². The number of rotatable bonds is 11. The van der Waals surface area contributed by atoms with Gasteiger partial charge in [0.2, 0.25) is 6.29 Å². The van der Waals surface area contributed by atoms with Gasteiger partial charge in [-0.2, -0.15) is 0 Å². The molecule has 0 bridgehead atoms. The molecule has 0 unspecified atom stereocenters. The summed E-state index contributed by atoms with van der Waals surface area (Å²) >= 11 is 2.24. The average molecular weight is 602 g/mol. The lowest BCUT2D eigenvalue weighted by Crippen LogP contribution is -2.59. The molecule has 190 valence electrons. The third-order valence-corrected chi connectivity index (χ3v) is 7.12. The summed E-state index contributed by atoms with van der Waals surface area (Å²) in [6.07, 6.45) is -2.09. The molecule has 6 nitrogen and oxygen atoms in total. The van der Waals surface area contributed by atoms with Gasteiger partial charge in [0.15, 0.2) is 0 Å². The number of esters is 1. The van der Waals surface area contributed by atoms with Crippen LogP contribution < -0.4 is 0 Å². The third-order valence-electron chi connectivity index (χ3n) is 5.82. The maximum absolute atomic E-state index is 11.8. The Labute approximate surface area is 226 Å². The molecule has 0 aliphatic carbocycles. The van der Waals surface area contributed by atoms with Crippen LogP contribution in [-0.4, -0.2) is 41.1 Å². The first kappa shape index (κ1) is 26.8. The van der Waals surface area contributed by atoms with Crippen molar-refractivity contribution in [3.8, 4) is 0 Å². The molecule has 0 radical (unpaired) electrons. The average Bonchev–Trinajstić information content (AvgIpc) is 2.90. The van der Waals surface area contributed by atoms with Gasteiger partial charge in [0.1, 0.15) is 22.2 Å². The number of carbonyl (C=O) groups excluding carboxylic acids is 1. The molecular formula is C29H31IO6. The highest BCUT2D eigenvalue weighted by molar-refractivity contribution is 14.1. The second-order valence-electron chi connectivity index (χ2n) is 8.62. The fourth-order valence-corrected chi connectivity index (χ4v) is 4.99. The Bertz CT molecular complexity index is 1050. The Morgan fingerprint density at radius 3 is 1.72 bits per heavy atom. The molecule has 1 saturated heterocycles. The molecule has 0 spiro atoms. The summed E-state index contributed by atoms with van der Waals surface area (Å²) in [6, 6.07) is 29.9. The molecule has 5 atom stereocenters. The third kappa shape index (κ3) is 7.85. The van der Waals surface area contributed by atoms with Crippen LogP contribution in [0.4, 0.5) is 0 Å². The van der Waals surface area contributed by atoms with E-state index in [1.165, 1.54) is 6.92 Å². The van der Waals surface area contributed by atoms with Gasteiger partial charge in [0.05, 0.1) is 26.4 Å². The number of benzene rings is 3. The molecule has 1 aliphatic heterocycles. The molecule has 0 saturated carbocycles. The summed E-state index contributed by atoms with van der Waals surface area (Å²) in [5, 5.41) is 0. The zero-order chi connectivity index (χ0) is 25.2. The zero-order valence-corrected chi connectivity index (χ0v) is 22.4. The van der Waals surface area contributed by atoms with Crippen molar-refractivity contribution in [3.05, 3.63) is 108 Å². The molecular weight excluding hydrogens is 571 g/mol. The molecule has 1 fully saturated rings. The number of hydrogen-bond acceptors (Lipinski definition) is 6. The minimum atomic E-state index is -0.772. The number of hydrogen-bond donors (Lipinski definition) is 0. The highest BCUT2D eigenvalue weighted by atomic mass is 127. The lowest BCUT2D eigenvalue weighted by Gasteiger charge is -2.43. The largest absolute Gasteiger partial charge is 0.435 e. The molecule has 3 aromatic carbocycles. The van der Waals surface area contributed by atoms with Crippen LogP contribution in [0.2, 0.25) is 0 Å². The number of alkyl halides is 1. The van der Waals surface area contributed by atoms with Crippen molar-refractivity contribution in [2.24, 2.45) is 0 Å². The fraction of sp³-hybridized carbons (Fsp3) is 0.345. The van der Waals surface area contributed by atoms with Crippen molar-refractivity contribution in [2.45, 2.75) is 55.3 Å². The molecule has 3 aromatic rings. The van der Waals surface area contributed by atoms with Crippen LogP contribution in [0.5, 0.6) is 0 Å². The molecule has 36 heavy (non-hydrogen) atoms. The SMILES string of the molecule is CC(=O)O[C@@H]1O[C@H](COCc2ccccc2)[C@@H](OCc2ccccc2)[C@H](OCc2ccccc2)[C@H]1I. The van der Waals surface area contributed by atoms with Crippen molar-refractivity contribution in [1.82, 2.24) is 0 Å². The van der Waals surface area contributed by atoms with E-state index in [1.807, 2.05) is 91.0 Å². The van der Waals surface area contributed by atoms with E-state index >= 15 is 0 Å². The number of ether oxygens (including phenoxy) is 5. The Kier molecular flexibility index (Phi) is 10.3. The first-order valence-corrected chi connectivity index (χ1v) is 13.2. The van der Waals surface area contributed by atoms with E-state index in [-0.39, 0.29) is 10.5 Å². The summed E-state index contributed by atoms with van der Waals surface area (Å²) in [5.41, 5.74) is 3.17. The fourth-order valence-electron chi connectivity index (χ4n) is 4.05. The van der Waals surface area contributed by atoms with Gasteiger partial charge >= 0.3 is 5.97 Å². The number of halogens is 1. The van der Waals surface area contributed by atoms with Gasteiger partial charge in [-0.25, -0.2) is 0 Å². The van der Waals surface area contributed by atoms with Crippen molar-refractivity contribution in [2.75, 3.05) is 6.61 Å². The molecule has 4 rings (SSSR count). The van der Waals surface area contributed by atoms with Crippen molar-refractivity contribution in [1.29, 1.82) is 0 Å². The van der Waals surface area contributed by atoms with Gasteiger partial charge in [0, 0.05) is 6.92 Å². The second kappa shape index (κ2) is 13.9. The van der Waals surface area contributed by atoms with Crippen LogP contribution in [0.1, 0.15) is 23.6 Å². The van der Waals surface area contributed by atoms with Gasteiger partial charge < -0.3 is 23.7 Å². The quantitative estimate of drug-likeness (QED) is 0.165. The molecule has 1 aliphatic rings. The van der Waals surface area contributed by atoms with Gasteiger partial charge in [-0.1, -0.05) is 114 Å². The van der Waals surface area contributed by atoms with E-state index in [9.17, 15) is 4.79 Å². The topological polar surface area (TPSA) is 63.2 Å². The monoisotopic (exact) mass is 602 g/mol. The maximum Gasteiger partial charge on any atom is 0.304 e. The van der Waals surface area contributed by atoms with Gasteiger partial charge in [-0.15, -0.1) is 0 Å². The Morgan fingerprint density at radius 1 is 0.750 bits per heavy atom. The van der Waals surface area contributed by atoms with E-state index in [1.54, 1.807) is 0 Å². The molecule has 0 amide bonds. The minimum Gasteiger partial charge on any atom is -0.435 e. The van der Waals surface area contributed by atoms with E-state index in [0.717, 1.165) is 16.7 Å². The standard InChI is InChI=1S/C29H31IO6/c1-21(31)35-29-26(30)28(34-19-24-15-9-4-10-16-24)27(33-18-23-13-7-3-8-14-23)25(36-29)20-32-17-22-11-5-2-6-12-22/h2-16,25-29H,17-20H2,1H3/t25-,26-,27-,28-,29-/m1/s1. The summed E-state index contributed by atoms with van der Waals surface area (Å²) in [6.45, 7) is 2.89. The van der Waals surface area contributed by atoms with Crippen molar-refractivity contribution < 1.29 is 28.5 Å². The Morgan fingerprint density at radius 2 is 1.22 bits per heavy atom. The molecule has 7 heteroatoms. The highest BCUT2D eigenvalue weighted by Gasteiger charge is 2.48. The van der Waals surface area contributed by atoms with Crippen molar-refractivity contribution >= 4 is 28.6 Å². The maximum atomic E-state index is 11.8. The lowest BCUT2D eigenvalue weighted by molar-refractivity contribution is -0.265. The van der Waals surface area contributed by atoms with E-state index < -0.39 is 30.6 Å². The summed E-state index contributed by atoms with van der Waals surface area (Å²) < 4.78 is 30.4. The Balaban J connectivity index is 1.52.